The van der Waals surface area contributed by atoms with Crippen LogP contribution in [0.15, 0.2) is 70.3 Å². The molecule has 5 aromatic rings. The maximum absolute atomic E-state index is 12.8. The largest absolute Gasteiger partial charge is 0.328 e. The molecule has 5 rings (SSSR count). The summed E-state index contributed by atoms with van der Waals surface area (Å²) in [6.07, 6.45) is 0. The fourth-order valence-corrected chi connectivity index (χ4v) is 4.35. The average Bonchev–Trinajstić information content (AvgIpc) is 3.23. The number of amides is 2. The molecule has 0 spiro atoms. The summed E-state index contributed by atoms with van der Waals surface area (Å²) in [6, 6.07) is 16.8. The topological polar surface area (TPSA) is 112 Å². The molecule has 0 aliphatic rings. The zero-order chi connectivity index (χ0) is 25.7. The third-order valence-corrected chi connectivity index (χ3v) is 6.47. The van der Waals surface area contributed by atoms with Crippen LogP contribution in [0.1, 0.15) is 20.7 Å². The molecule has 0 aliphatic heterocycles. The van der Waals surface area contributed by atoms with Crippen molar-refractivity contribution >= 4 is 45.3 Å². The van der Waals surface area contributed by atoms with E-state index < -0.39 is 0 Å². The molecule has 10 nitrogen and oxygen atoms in total. The number of fused-ring (bicyclic) bond motifs is 2. The Kier molecular flexibility index (Phi) is 5.36. The van der Waals surface area contributed by atoms with Gasteiger partial charge in [-0.25, -0.2) is 9.59 Å². The monoisotopic (exact) mass is 484 g/mol. The second-order valence-corrected chi connectivity index (χ2v) is 8.69. The van der Waals surface area contributed by atoms with Gasteiger partial charge in [0.05, 0.1) is 22.1 Å². The molecule has 2 N–H and O–H groups in total. The SMILES string of the molecule is Cn1c(=O)n(C)c2cc(NC(=O)c3ccc(C(=O)Nc4ccc5c(c4)n(C)c(=O)n5C)cc3)ccc21. The van der Waals surface area contributed by atoms with E-state index in [2.05, 4.69) is 10.6 Å². The van der Waals surface area contributed by atoms with Crippen molar-refractivity contribution in [2.24, 2.45) is 28.2 Å². The highest BCUT2D eigenvalue weighted by Crippen LogP contribution is 2.20. The summed E-state index contributed by atoms with van der Waals surface area (Å²) in [4.78, 5) is 49.7. The van der Waals surface area contributed by atoms with Crippen LogP contribution in [0.5, 0.6) is 0 Å². The molecule has 0 aliphatic carbocycles. The Hall–Kier alpha value is -4.86. The van der Waals surface area contributed by atoms with Gasteiger partial charge in [-0.2, -0.15) is 0 Å². The normalized spacial score (nSPS) is 11.2. The van der Waals surface area contributed by atoms with Crippen LogP contribution in [0.3, 0.4) is 0 Å². The highest BCUT2D eigenvalue weighted by Gasteiger charge is 2.13. The molecule has 3 aromatic carbocycles. The predicted octanol–water partition coefficient (Wildman–Crippen LogP) is 2.57. The minimum absolute atomic E-state index is 0.143. The molecule has 182 valence electrons. The van der Waals surface area contributed by atoms with Crippen LogP contribution in [0.25, 0.3) is 22.1 Å². The van der Waals surface area contributed by atoms with Crippen molar-refractivity contribution in [2.75, 3.05) is 10.6 Å². The van der Waals surface area contributed by atoms with E-state index in [9.17, 15) is 19.2 Å². The standard InChI is InChI=1S/C26H24N6O4/c1-29-19-11-9-17(13-21(19)31(3)25(29)35)27-23(33)15-5-7-16(8-6-15)24(34)28-18-10-12-20-22(14-18)32(4)26(36)30(20)2/h5-14H,1-4H3,(H,27,33)(H,28,34). The molecule has 0 unspecified atom stereocenters. The van der Waals surface area contributed by atoms with Gasteiger partial charge in [-0.05, 0) is 60.7 Å². The number of imidazole rings is 2. The summed E-state index contributed by atoms with van der Waals surface area (Å²) in [5, 5.41) is 5.66. The quantitative estimate of drug-likeness (QED) is 0.408. The molecule has 0 fully saturated rings. The Labute approximate surface area is 205 Å². The lowest BCUT2D eigenvalue weighted by Gasteiger charge is -2.08. The lowest BCUT2D eigenvalue weighted by Crippen LogP contribution is -2.19. The van der Waals surface area contributed by atoms with Crippen molar-refractivity contribution < 1.29 is 9.59 Å². The number of rotatable bonds is 4. The number of anilines is 2. The van der Waals surface area contributed by atoms with Crippen molar-refractivity contribution in [1.82, 2.24) is 18.3 Å². The summed E-state index contributed by atoms with van der Waals surface area (Å²) in [5.74, 6) is -0.671. The number of aryl methyl sites for hydroxylation is 4. The number of nitrogens with one attached hydrogen (secondary N) is 2. The Morgan fingerprint density at radius 1 is 0.528 bits per heavy atom. The first-order chi connectivity index (χ1) is 17.2. The van der Waals surface area contributed by atoms with Gasteiger partial charge in [-0.1, -0.05) is 0 Å². The maximum atomic E-state index is 12.8. The highest BCUT2D eigenvalue weighted by molar-refractivity contribution is 6.08. The predicted molar refractivity (Wildman–Crippen MR) is 139 cm³/mol. The van der Waals surface area contributed by atoms with E-state index in [4.69, 9.17) is 0 Å². The van der Waals surface area contributed by atoms with Crippen molar-refractivity contribution in [3.05, 3.63) is 92.8 Å². The number of hydrogen-bond donors (Lipinski definition) is 2. The minimum Gasteiger partial charge on any atom is -0.322 e. The van der Waals surface area contributed by atoms with Gasteiger partial charge >= 0.3 is 11.4 Å². The van der Waals surface area contributed by atoms with Crippen LogP contribution < -0.4 is 22.0 Å². The number of hydrogen-bond acceptors (Lipinski definition) is 4. The van der Waals surface area contributed by atoms with Gasteiger partial charge in [-0.3, -0.25) is 27.9 Å². The summed E-state index contributed by atoms with van der Waals surface area (Å²) in [6.45, 7) is 0. The smallest absolute Gasteiger partial charge is 0.322 e. The summed E-state index contributed by atoms with van der Waals surface area (Å²) in [7, 11) is 6.75. The first kappa shape index (κ1) is 22.9. The summed E-state index contributed by atoms with van der Waals surface area (Å²) < 4.78 is 6.13. The van der Waals surface area contributed by atoms with E-state index >= 15 is 0 Å². The fraction of sp³-hybridized carbons (Fsp3) is 0.154. The molecule has 2 heterocycles. The van der Waals surface area contributed by atoms with Gasteiger partial charge in [-0.15, -0.1) is 0 Å². The Morgan fingerprint density at radius 2 is 0.861 bits per heavy atom. The van der Waals surface area contributed by atoms with Crippen LogP contribution in [0.2, 0.25) is 0 Å². The molecular weight excluding hydrogens is 460 g/mol. The second-order valence-electron chi connectivity index (χ2n) is 8.69. The average molecular weight is 485 g/mol. The Balaban J connectivity index is 1.31. The molecule has 2 aromatic heterocycles. The van der Waals surface area contributed by atoms with Crippen molar-refractivity contribution in [2.45, 2.75) is 0 Å². The molecule has 0 saturated heterocycles. The molecule has 36 heavy (non-hydrogen) atoms. The van der Waals surface area contributed by atoms with Crippen molar-refractivity contribution in [3.63, 3.8) is 0 Å². The van der Waals surface area contributed by atoms with Crippen LogP contribution in [0.4, 0.5) is 11.4 Å². The van der Waals surface area contributed by atoms with Crippen LogP contribution in [-0.2, 0) is 28.2 Å². The van der Waals surface area contributed by atoms with Crippen molar-refractivity contribution in [3.8, 4) is 0 Å². The van der Waals surface area contributed by atoms with Crippen LogP contribution in [-0.4, -0.2) is 30.1 Å². The first-order valence-corrected chi connectivity index (χ1v) is 11.2. The van der Waals surface area contributed by atoms with E-state index in [0.717, 1.165) is 11.0 Å². The Morgan fingerprint density at radius 3 is 1.22 bits per heavy atom. The lowest BCUT2D eigenvalue weighted by atomic mass is 10.1. The van der Waals surface area contributed by atoms with Gasteiger partial charge < -0.3 is 10.6 Å². The molecular formula is C26H24N6O4. The van der Waals surface area contributed by atoms with Gasteiger partial charge in [0.15, 0.2) is 0 Å². The van der Waals surface area contributed by atoms with Crippen LogP contribution in [0, 0.1) is 0 Å². The third kappa shape index (κ3) is 3.68. The molecule has 0 saturated carbocycles. The van der Waals surface area contributed by atoms with E-state index in [0.29, 0.717) is 33.5 Å². The number of carbonyl (C=O) groups excluding carboxylic acids is 2. The molecule has 10 heteroatoms. The van der Waals surface area contributed by atoms with E-state index in [1.807, 2.05) is 0 Å². The molecule has 0 atom stereocenters. The van der Waals surface area contributed by atoms with E-state index in [-0.39, 0.29) is 23.2 Å². The molecule has 2 amide bonds. The maximum Gasteiger partial charge on any atom is 0.328 e. The number of carbonyl (C=O) groups is 2. The minimum atomic E-state index is -0.335. The van der Waals surface area contributed by atoms with Gasteiger partial charge in [0.25, 0.3) is 11.8 Å². The van der Waals surface area contributed by atoms with Gasteiger partial charge in [0.2, 0.25) is 0 Å². The van der Waals surface area contributed by atoms with Crippen LogP contribution >= 0.6 is 0 Å². The Bertz CT molecular complexity index is 1670. The molecule has 0 radical (unpaired) electrons. The van der Waals surface area contributed by atoms with Gasteiger partial charge in [0.1, 0.15) is 0 Å². The zero-order valence-corrected chi connectivity index (χ0v) is 20.2. The number of aromatic nitrogens is 4. The summed E-state index contributed by atoms with van der Waals surface area (Å²) >= 11 is 0. The number of benzene rings is 3. The highest BCUT2D eigenvalue weighted by atomic mass is 16.2. The van der Waals surface area contributed by atoms with Crippen molar-refractivity contribution in [1.29, 1.82) is 0 Å². The van der Waals surface area contributed by atoms with E-state index in [1.165, 1.54) is 9.13 Å². The first-order valence-electron chi connectivity index (χ1n) is 11.2. The summed E-state index contributed by atoms with van der Waals surface area (Å²) in [5.41, 5.74) is 4.55. The second kappa shape index (κ2) is 8.42. The fourth-order valence-electron chi connectivity index (χ4n) is 4.35. The zero-order valence-electron chi connectivity index (χ0n) is 20.2. The van der Waals surface area contributed by atoms with Gasteiger partial charge in [0, 0.05) is 50.7 Å². The lowest BCUT2D eigenvalue weighted by molar-refractivity contribution is 0.101. The molecule has 0 bridgehead atoms. The van der Waals surface area contributed by atoms with E-state index in [1.54, 1.807) is 98.0 Å². The number of nitrogens with zero attached hydrogens (tertiary/aromatic N) is 4. The third-order valence-electron chi connectivity index (χ3n) is 6.47.